The van der Waals surface area contributed by atoms with Crippen LogP contribution in [0.15, 0.2) is 36.5 Å². The van der Waals surface area contributed by atoms with Crippen LogP contribution in [0.5, 0.6) is 0 Å². The Bertz CT molecular complexity index is 1030. The lowest BCUT2D eigenvalue weighted by Gasteiger charge is -2.29. The highest BCUT2D eigenvalue weighted by molar-refractivity contribution is 5.76. The molecule has 1 aliphatic heterocycles. The zero-order chi connectivity index (χ0) is 19.7. The molecule has 7 heteroatoms. The molecule has 1 aliphatic rings. The lowest BCUT2D eigenvalue weighted by molar-refractivity contribution is -0.131. The molecule has 1 aromatic carbocycles. The summed E-state index contributed by atoms with van der Waals surface area (Å²) in [6, 6.07) is 8.39. The SMILES string of the molecule is CCC(=O)N1CCc2c(nc(Cc3cccc(F)c3)nc2-c2ccn(C)n2)C1. The van der Waals surface area contributed by atoms with Crippen LogP contribution in [-0.4, -0.2) is 37.1 Å². The number of carbonyl (C=O) groups excluding carboxylic acids is 1. The van der Waals surface area contributed by atoms with Crippen molar-refractivity contribution in [1.29, 1.82) is 0 Å². The van der Waals surface area contributed by atoms with Gasteiger partial charge in [-0.3, -0.25) is 9.48 Å². The third-order valence-corrected chi connectivity index (χ3v) is 4.97. The van der Waals surface area contributed by atoms with E-state index in [-0.39, 0.29) is 11.7 Å². The van der Waals surface area contributed by atoms with Crippen LogP contribution in [0.2, 0.25) is 0 Å². The number of nitrogens with zero attached hydrogens (tertiary/aromatic N) is 5. The van der Waals surface area contributed by atoms with E-state index in [1.807, 2.05) is 37.2 Å². The summed E-state index contributed by atoms with van der Waals surface area (Å²) in [5, 5.41) is 4.51. The Morgan fingerprint density at radius 2 is 2.11 bits per heavy atom. The predicted octanol–water partition coefficient (Wildman–Crippen LogP) is 2.90. The molecule has 28 heavy (non-hydrogen) atoms. The van der Waals surface area contributed by atoms with E-state index in [2.05, 4.69) is 5.10 Å². The number of hydrogen-bond acceptors (Lipinski definition) is 4. The first-order valence-electron chi connectivity index (χ1n) is 9.44. The lowest BCUT2D eigenvalue weighted by Crippen LogP contribution is -2.36. The molecule has 0 unspecified atom stereocenters. The van der Waals surface area contributed by atoms with E-state index in [1.165, 1.54) is 12.1 Å². The predicted molar refractivity (Wildman–Crippen MR) is 103 cm³/mol. The zero-order valence-electron chi connectivity index (χ0n) is 16.0. The van der Waals surface area contributed by atoms with Gasteiger partial charge in [0.25, 0.3) is 0 Å². The maximum absolute atomic E-state index is 13.6. The molecule has 4 rings (SSSR count). The van der Waals surface area contributed by atoms with Gasteiger partial charge in [-0.05, 0) is 30.2 Å². The summed E-state index contributed by atoms with van der Waals surface area (Å²) in [5.41, 5.74) is 4.30. The van der Waals surface area contributed by atoms with Gasteiger partial charge in [-0.1, -0.05) is 19.1 Å². The Kier molecular flexibility index (Phi) is 4.90. The Labute approximate surface area is 163 Å². The first-order valence-corrected chi connectivity index (χ1v) is 9.44. The van der Waals surface area contributed by atoms with Crippen LogP contribution in [-0.2, 0) is 31.2 Å². The van der Waals surface area contributed by atoms with Gasteiger partial charge < -0.3 is 4.90 Å². The maximum atomic E-state index is 13.6. The van der Waals surface area contributed by atoms with Crippen LogP contribution in [0.3, 0.4) is 0 Å². The molecule has 0 saturated heterocycles. The van der Waals surface area contributed by atoms with Crippen LogP contribution in [0, 0.1) is 5.82 Å². The van der Waals surface area contributed by atoms with Crippen molar-refractivity contribution in [1.82, 2.24) is 24.6 Å². The maximum Gasteiger partial charge on any atom is 0.222 e. The number of hydrogen-bond donors (Lipinski definition) is 0. The molecule has 0 atom stereocenters. The second-order valence-electron chi connectivity index (χ2n) is 7.01. The summed E-state index contributed by atoms with van der Waals surface area (Å²) >= 11 is 0. The third kappa shape index (κ3) is 3.65. The Balaban J connectivity index is 1.76. The van der Waals surface area contributed by atoms with Gasteiger partial charge in [0.2, 0.25) is 5.91 Å². The fourth-order valence-corrected chi connectivity index (χ4v) is 3.58. The molecule has 0 spiro atoms. The Hall–Kier alpha value is -3.09. The quantitative estimate of drug-likeness (QED) is 0.699. The standard InChI is InChI=1S/C21H22FN5O/c1-3-20(28)27-10-7-16-18(13-27)23-19(12-14-5-4-6-15(22)11-14)24-21(16)17-8-9-26(2)25-17/h4-6,8-9,11H,3,7,10,12-13H2,1-2H3. The number of carbonyl (C=O) groups is 1. The summed E-state index contributed by atoms with van der Waals surface area (Å²) in [6.45, 7) is 3.00. The molecule has 0 bridgehead atoms. The number of halogens is 1. The van der Waals surface area contributed by atoms with Crippen LogP contribution in [0.1, 0.15) is 36.0 Å². The molecule has 6 nitrogen and oxygen atoms in total. The van der Waals surface area contributed by atoms with Crippen molar-refractivity contribution in [3.8, 4) is 11.4 Å². The average molecular weight is 379 g/mol. The van der Waals surface area contributed by atoms with Gasteiger partial charge in [-0.2, -0.15) is 5.10 Å². The summed E-state index contributed by atoms with van der Waals surface area (Å²) in [6.07, 6.45) is 3.48. The molecule has 0 aliphatic carbocycles. The van der Waals surface area contributed by atoms with Gasteiger partial charge in [-0.15, -0.1) is 0 Å². The normalized spacial score (nSPS) is 13.5. The molecule has 1 amide bonds. The minimum atomic E-state index is -0.278. The number of rotatable bonds is 4. The van der Waals surface area contributed by atoms with Crippen LogP contribution >= 0.6 is 0 Å². The van der Waals surface area contributed by atoms with Crippen LogP contribution in [0.4, 0.5) is 4.39 Å². The van der Waals surface area contributed by atoms with Gasteiger partial charge in [0.05, 0.1) is 17.9 Å². The summed E-state index contributed by atoms with van der Waals surface area (Å²) in [4.78, 5) is 23.5. The van der Waals surface area contributed by atoms with E-state index in [1.54, 1.807) is 10.7 Å². The molecular formula is C21H22FN5O. The fraction of sp³-hybridized carbons (Fsp3) is 0.333. The summed E-state index contributed by atoms with van der Waals surface area (Å²) < 4.78 is 15.3. The second kappa shape index (κ2) is 7.50. The first-order chi connectivity index (χ1) is 13.5. The number of amides is 1. The largest absolute Gasteiger partial charge is 0.336 e. The van der Waals surface area contributed by atoms with Crippen molar-refractivity contribution in [2.24, 2.45) is 7.05 Å². The Morgan fingerprint density at radius 1 is 1.25 bits per heavy atom. The molecule has 0 fully saturated rings. The van der Waals surface area contributed by atoms with E-state index in [9.17, 15) is 9.18 Å². The van der Waals surface area contributed by atoms with E-state index >= 15 is 0 Å². The third-order valence-electron chi connectivity index (χ3n) is 4.97. The van der Waals surface area contributed by atoms with E-state index < -0.39 is 0 Å². The first kappa shape index (κ1) is 18.3. The van der Waals surface area contributed by atoms with E-state index in [4.69, 9.17) is 9.97 Å². The van der Waals surface area contributed by atoms with E-state index in [0.717, 1.165) is 28.2 Å². The monoisotopic (exact) mass is 379 g/mol. The Morgan fingerprint density at radius 3 is 2.82 bits per heavy atom. The number of fused-ring (bicyclic) bond motifs is 1. The van der Waals surface area contributed by atoms with Gasteiger partial charge in [-0.25, -0.2) is 14.4 Å². The van der Waals surface area contributed by atoms with Gasteiger partial charge in [0, 0.05) is 38.2 Å². The zero-order valence-corrected chi connectivity index (χ0v) is 16.0. The van der Waals surface area contributed by atoms with Crippen molar-refractivity contribution in [2.45, 2.75) is 32.7 Å². The van der Waals surface area contributed by atoms with Crippen molar-refractivity contribution in [3.63, 3.8) is 0 Å². The van der Waals surface area contributed by atoms with Crippen LogP contribution < -0.4 is 0 Å². The summed E-state index contributed by atoms with van der Waals surface area (Å²) in [7, 11) is 1.87. The van der Waals surface area contributed by atoms with Gasteiger partial charge in [0.15, 0.2) is 0 Å². The number of benzene rings is 1. The van der Waals surface area contributed by atoms with Crippen molar-refractivity contribution in [2.75, 3.05) is 6.54 Å². The van der Waals surface area contributed by atoms with Crippen molar-refractivity contribution in [3.05, 3.63) is 65.0 Å². The molecule has 3 aromatic rings. The fourth-order valence-electron chi connectivity index (χ4n) is 3.58. The molecule has 2 aromatic heterocycles. The highest BCUT2D eigenvalue weighted by atomic mass is 19.1. The average Bonchev–Trinajstić information content (AvgIpc) is 3.12. The van der Waals surface area contributed by atoms with Crippen LogP contribution in [0.25, 0.3) is 11.4 Å². The smallest absolute Gasteiger partial charge is 0.222 e. The number of aromatic nitrogens is 4. The lowest BCUT2D eigenvalue weighted by atomic mass is 10.00. The van der Waals surface area contributed by atoms with Gasteiger partial charge >= 0.3 is 0 Å². The molecule has 0 N–H and O–H groups in total. The summed E-state index contributed by atoms with van der Waals surface area (Å²) in [5.74, 6) is 0.450. The molecule has 0 radical (unpaired) electrons. The minimum Gasteiger partial charge on any atom is -0.336 e. The number of aryl methyl sites for hydroxylation is 1. The molecule has 144 valence electrons. The minimum absolute atomic E-state index is 0.121. The molecule has 0 saturated carbocycles. The topological polar surface area (TPSA) is 63.9 Å². The highest BCUT2D eigenvalue weighted by Crippen LogP contribution is 2.28. The molecular weight excluding hydrogens is 357 g/mol. The van der Waals surface area contributed by atoms with Crippen molar-refractivity contribution >= 4 is 5.91 Å². The molecule has 3 heterocycles. The van der Waals surface area contributed by atoms with Crippen molar-refractivity contribution < 1.29 is 9.18 Å². The van der Waals surface area contributed by atoms with E-state index in [0.29, 0.717) is 38.2 Å². The second-order valence-corrected chi connectivity index (χ2v) is 7.01. The van der Waals surface area contributed by atoms with Gasteiger partial charge in [0.1, 0.15) is 17.3 Å². The highest BCUT2D eigenvalue weighted by Gasteiger charge is 2.25.